The van der Waals surface area contributed by atoms with Crippen molar-refractivity contribution in [2.24, 2.45) is 0 Å². The molecule has 3 nitrogen and oxygen atoms in total. The average molecular weight is 271 g/mol. The maximum Gasteiger partial charge on any atom is 0.248 e. The first kappa shape index (κ1) is 11.9. The van der Waals surface area contributed by atoms with E-state index in [0.717, 1.165) is 16.5 Å². The number of nitrogens with zero attached hydrogens (tertiary/aromatic N) is 2. The first-order valence-corrected chi connectivity index (χ1v) is 6.69. The number of rotatable bonds is 2. The Morgan fingerprint density at radius 3 is 2.24 bits per heavy atom. The van der Waals surface area contributed by atoms with Gasteiger partial charge in [-0.25, -0.2) is 0 Å². The van der Waals surface area contributed by atoms with E-state index in [1.54, 1.807) is 0 Å². The summed E-state index contributed by atoms with van der Waals surface area (Å²) in [7, 11) is 0. The van der Waals surface area contributed by atoms with Crippen LogP contribution < -0.4 is 0 Å². The summed E-state index contributed by atoms with van der Waals surface area (Å²) in [6.07, 6.45) is 0. The zero-order valence-corrected chi connectivity index (χ0v) is 11.2. The second-order valence-electron chi connectivity index (χ2n) is 4.76. The Hall–Kier alpha value is -2.94. The largest absolute Gasteiger partial charge is 0.416 e. The molecule has 3 aromatic carbocycles. The van der Waals surface area contributed by atoms with Crippen LogP contribution in [-0.2, 0) is 0 Å². The second kappa shape index (κ2) is 4.87. The van der Waals surface area contributed by atoms with E-state index in [9.17, 15) is 0 Å². The topological polar surface area (TPSA) is 38.9 Å². The molecular formula is C18H11N2O. The Bertz CT molecular complexity index is 897. The zero-order valence-electron chi connectivity index (χ0n) is 11.2. The van der Waals surface area contributed by atoms with Gasteiger partial charge in [0.25, 0.3) is 0 Å². The van der Waals surface area contributed by atoms with E-state index in [1.165, 1.54) is 5.39 Å². The lowest BCUT2D eigenvalue weighted by Gasteiger charge is -1.99. The van der Waals surface area contributed by atoms with Crippen LogP contribution in [0.2, 0.25) is 0 Å². The number of hydrogen-bond donors (Lipinski definition) is 0. The molecule has 4 rings (SSSR count). The molecule has 0 aliphatic carbocycles. The molecule has 0 bridgehead atoms. The molecular weight excluding hydrogens is 260 g/mol. The minimum absolute atomic E-state index is 0.521. The van der Waals surface area contributed by atoms with Crippen molar-refractivity contribution in [1.82, 2.24) is 10.2 Å². The van der Waals surface area contributed by atoms with Gasteiger partial charge in [-0.1, -0.05) is 42.5 Å². The van der Waals surface area contributed by atoms with Gasteiger partial charge < -0.3 is 4.42 Å². The maximum absolute atomic E-state index is 5.77. The highest BCUT2D eigenvalue weighted by molar-refractivity contribution is 5.86. The summed E-state index contributed by atoms with van der Waals surface area (Å²) in [5.41, 5.74) is 1.82. The van der Waals surface area contributed by atoms with Crippen molar-refractivity contribution in [2.45, 2.75) is 0 Å². The molecule has 99 valence electrons. The van der Waals surface area contributed by atoms with Gasteiger partial charge in [-0.2, -0.15) is 0 Å². The molecule has 0 saturated carbocycles. The van der Waals surface area contributed by atoms with Crippen molar-refractivity contribution in [2.75, 3.05) is 0 Å². The van der Waals surface area contributed by atoms with Crippen molar-refractivity contribution in [3.8, 4) is 22.9 Å². The van der Waals surface area contributed by atoms with Crippen LogP contribution in [0.15, 0.2) is 71.1 Å². The Labute approximate surface area is 121 Å². The standard InChI is InChI=1S/C18H11N2O/c1-2-7-14(8-3-1)17-19-20-18(21-17)16-11-10-13-6-4-5-9-15(13)12-16/h2-12H. The average Bonchev–Trinajstić information content (AvgIpc) is 3.05. The Morgan fingerprint density at radius 1 is 0.714 bits per heavy atom. The molecule has 1 radical (unpaired) electrons. The quantitative estimate of drug-likeness (QED) is 0.544. The zero-order chi connectivity index (χ0) is 14.1. The molecule has 0 saturated heterocycles. The molecule has 3 heteroatoms. The van der Waals surface area contributed by atoms with Gasteiger partial charge in [0.1, 0.15) is 0 Å². The van der Waals surface area contributed by atoms with Crippen LogP contribution in [-0.4, -0.2) is 10.2 Å². The molecule has 1 aromatic heterocycles. The minimum Gasteiger partial charge on any atom is -0.416 e. The predicted octanol–water partition coefficient (Wildman–Crippen LogP) is 4.36. The van der Waals surface area contributed by atoms with Crippen LogP contribution in [0.4, 0.5) is 0 Å². The van der Waals surface area contributed by atoms with Crippen LogP contribution in [0.5, 0.6) is 0 Å². The molecule has 0 spiro atoms. The fourth-order valence-corrected chi connectivity index (χ4v) is 2.31. The van der Waals surface area contributed by atoms with Gasteiger partial charge in [0.05, 0.1) is 0 Å². The smallest absolute Gasteiger partial charge is 0.248 e. The summed E-state index contributed by atoms with van der Waals surface area (Å²) in [6.45, 7) is 0. The monoisotopic (exact) mass is 271 g/mol. The lowest BCUT2D eigenvalue weighted by Crippen LogP contribution is -1.79. The first-order valence-electron chi connectivity index (χ1n) is 6.69. The van der Waals surface area contributed by atoms with Crippen LogP contribution in [0.1, 0.15) is 0 Å². The lowest BCUT2D eigenvalue weighted by molar-refractivity contribution is 0.584. The predicted molar refractivity (Wildman–Crippen MR) is 81.5 cm³/mol. The normalized spacial score (nSPS) is 10.9. The van der Waals surface area contributed by atoms with Gasteiger partial charge in [0, 0.05) is 11.1 Å². The summed E-state index contributed by atoms with van der Waals surface area (Å²) in [4.78, 5) is 0. The first-order chi connectivity index (χ1) is 10.4. The minimum atomic E-state index is 0.521. The number of aromatic nitrogens is 2. The Kier molecular flexibility index (Phi) is 2.75. The van der Waals surface area contributed by atoms with Crippen LogP contribution in [0.25, 0.3) is 33.7 Å². The van der Waals surface area contributed by atoms with Crippen molar-refractivity contribution in [3.05, 3.63) is 72.8 Å². The molecule has 0 atom stereocenters. The van der Waals surface area contributed by atoms with Gasteiger partial charge in [-0.15, -0.1) is 10.2 Å². The van der Waals surface area contributed by atoms with E-state index in [0.29, 0.717) is 11.8 Å². The fourth-order valence-electron chi connectivity index (χ4n) is 2.31. The van der Waals surface area contributed by atoms with E-state index in [2.05, 4.69) is 40.5 Å². The third-order valence-electron chi connectivity index (χ3n) is 3.39. The lowest BCUT2D eigenvalue weighted by atomic mass is 10.1. The molecule has 1 heterocycles. The fraction of sp³-hybridized carbons (Fsp3) is 0. The highest BCUT2D eigenvalue weighted by Crippen LogP contribution is 2.26. The van der Waals surface area contributed by atoms with E-state index < -0.39 is 0 Å². The highest BCUT2D eigenvalue weighted by atomic mass is 16.4. The third kappa shape index (κ3) is 2.19. The van der Waals surface area contributed by atoms with Crippen molar-refractivity contribution in [3.63, 3.8) is 0 Å². The van der Waals surface area contributed by atoms with Crippen LogP contribution in [0.3, 0.4) is 0 Å². The molecule has 0 fully saturated rings. The number of hydrogen-bond acceptors (Lipinski definition) is 3. The summed E-state index contributed by atoms with van der Waals surface area (Å²) in [5.74, 6) is 1.05. The summed E-state index contributed by atoms with van der Waals surface area (Å²) < 4.78 is 5.77. The maximum atomic E-state index is 5.77. The van der Waals surface area contributed by atoms with Crippen molar-refractivity contribution >= 4 is 10.8 Å². The Balaban J connectivity index is 1.77. The molecule has 0 aliphatic rings. The summed E-state index contributed by atoms with van der Waals surface area (Å²) in [5, 5.41) is 10.6. The molecule has 0 unspecified atom stereocenters. The second-order valence-corrected chi connectivity index (χ2v) is 4.76. The van der Waals surface area contributed by atoms with Crippen LogP contribution >= 0.6 is 0 Å². The van der Waals surface area contributed by atoms with Gasteiger partial charge >= 0.3 is 0 Å². The van der Waals surface area contributed by atoms with Crippen molar-refractivity contribution in [1.29, 1.82) is 0 Å². The van der Waals surface area contributed by atoms with Gasteiger partial charge in [0.15, 0.2) is 0 Å². The summed E-state index contributed by atoms with van der Waals surface area (Å²) >= 11 is 0. The molecule has 0 aliphatic heterocycles. The van der Waals surface area contributed by atoms with E-state index >= 15 is 0 Å². The Morgan fingerprint density at radius 2 is 1.43 bits per heavy atom. The molecule has 21 heavy (non-hydrogen) atoms. The third-order valence-corrected chi connectivity index (χ3v) is 3.39. The highest BCUT2D eigenvalue weighted by Gasteiger charge is 2.10. The molecule has 4 aromatic rings. The van der Waals surface area contributed by atoms with Gasteiger partial charge in [-0.05, 0) is 41.1 Å². The molecule has 0 amide bonds. The number of benzene rings is 3. The van der Waals surface area contributed by atoms with Gasteiger partial charge in [-0.3, -0.25) is 0 Å². The van der Waals surface area contributed by atoms with E-state index in [4.69, 9.17) is 4.42 Å². The molecule has 0 N–H and O–H groups in total. The van der Waals surface area contributed by atoms with E-state index in [-0.39, 0.29) is 0 Å². The van der Waals surface area contributed by atoms with Crippen LogP contribution in [0, 0.1) is 6.07 Å². The number of fused-ring (bicyclic) bond motifs is 1. The van der Waals surface area contributed by atoms with E-state index in [1.807, 2.05) is 42.5 Å². The van der Waals surface area contributed by atoms with Gasteiger partial charge in [0.2, 0.25) is 11.8 Å². The SMILES string of the molecule is [c]1ccc(-c2nnc(-c3ccc4ccccc4c3)o2)cc1. The summed E-state index contributed by atoms with van der Waals surface area (Å²) in [6, 6.07) is 24.8. The van der Waals surface area contributed by atoms with Crippen molar-refractivity contribution < 1.29 is 4.42 Å².